The third-order valence-corrected chi connectivity index (χ3v) is 10.0. The molecule has 236 valence electrons. The van der Waals surface area contributed by atoms with Gasteiger partial charge in [0.05, 0.1) is 11.6 Å². The van der Waals surface area contributed by atoms with Gasteiger partial charge in [-0.2, -0.15) is 0 Å². The zero-order chi connectivity index (χ0) is 32.5. The van der Waals surface area contributed by atoms with E-state index < -0.39 is 17.7 Å². The molecule has 2 atom stereocenters. The van der Waals surface area contributed by atoms with Crippen LogP contribution in [0.1, 0.15) is 40.8 Å². The topological polar surface area (TPSA) is 102 Å². The van der Waals surface area contributed by atoms with Crippen LogP contribution < -0.4 is 14.4 Å². The van der Waals surface area contributed by atoms with Gasteiger partial charge in [-0.1, -0.05) is 77.7 Å². The molecule has 1 saturated heterocycles. The van der Waals surface area contributed by atoms with Gasteiger partial charge >= 0.3 is 5.91 Å². The third-order valence-electron chi connectivity index (χ3n) is 7.91. The van der Waals surface area contributed by atoms with Crippen molar-refractivity contribution < 1.29 is 28.6 Å². The summed E-state index contributed by atoms with van der Waals surface area (Å²) in [5.41, 5.74) is 3.71. The number of rotatable bonds is 9. The Morgan fingerprint density at radius 1 is 1.00 bits per heavy atom. The summed E-state index contributed by atoms with van der Waals surface area (Å²) in [4.78, 5) is 28.8. The second kappa shape index (κ2) is 13.0. The van der Waals surface area contributed by atoms with Crippen molar-refractivity contribution in [1.82, 2.24) is 10.2 Å². The number of fused-ring (bicyclic) bond motifs is 1. The number of hydrogen-bond donors (Lipinski definition) is 1. The van der Waals surface area contributed by atoms with Gasteiger partial charge in [0.1, 0.15) is 35.8 Å². The molecule has 2 aliphatic rings. The van der Waals surface area contributed by atoms with Crippen molar-refractivity contribution in [2.24, 2.45) is 0 Å². The zero-order valence-electron chi connectivity index (χ0n) is 25.1. The molecule has 47 heavy (non-hydrogen) atoms. The summed E-state index contributed by atoms with van der Waals surface area (Å²) in [5.74, 6) is -0.477. The summed E-state index contributed by atoms with van der Waals surface area (Å²) < 4.78 is 25.8. The molecule has 1 fully saturated rings. The lowest BCUT2D eigenvalue weighted by molar-refractivity contribution is -0.132. The van der Waals surface area contributed by atoms with Gasteiger partial charge in [-0.05, 0) is 71.6 Å². The first-order valence-electron chi connectivity index (χ1n) is 14.9. The van der Waals surface area contributed by atoms with E-state index in [1.165, 1.54) is 28.8 Å². The van der Waals surface area contributed by atoms with Crippen LogP contribution in [0, 0.1) is 5.82 Å². The molecule has 1 aromatic heterocycles. The Bertz CT molecular complexity index is 2000. The average Bonchev–Trinajstić information content (AvgIpc) is 3.78. The lowest BCUT2D eigenvalue weighted by Gasteiger charge is -2.23. The number of amides is 1. The smallest absolute Gasteiger partial charge is 0.301 e. The number of carbonyl (C=O) groups is 2. The van der Waals surface area contributed by atoms with E-state index in [2.05, 4.69) is 10.2 Å². The second-order valence-corrected chi connectivity index (χ2v) is 13.4. The third kappa shape index (κ3) is 6.36. The number of ether oxygens (including phenoxy) is 2. The van der Waals surface area contributed by atoms with Gasteiger partial charge in [0.25, 0.3) is 5.78 Å². The lowest BCUT2D eigenvalue weighted by atomic mass is 9.94. The average molecular weight is 666 g/mol. The highest BCUT2D eigenvalue weighted by Gasteiger charge is 2.48. The van der Waals surface area contributed by atoms with Crippen LogP contribution in [-0.2, 0) is 28.4 Å². The molecule has 5 aromatic rings. The summed E-state index contributed by atoms with van der Waals surface area (Å²) in [6, 6.07) is 27.3. The molecule has 0 radical (unpaired) electrons. The number of aliphatic hydroxyl groups excluding tert-OH is 1. The van der Waals surface area contributed by atoms with Gasteiger partial charge in [0.2, 0.25) is 5.13 Å². The van der Waals surface area contributed by atoms with Gasteiger partial charge in [-0.15, -0.1) is 10.2 Å². The minimum atomic E-state index is -0.999. The first kappa shape index (κ1) is 30.6. The number of thioether (sulfide) groups is 1. The standard InChI is InChI=1S/C36H28FN3O5S2/c1-21-16-26-17-25(12-15-29(26)45-21)32(41)30-31(24-8-5-9-28(18-24)44-19-22-6-3-2-4-7-22)40(34(43)33(30)42)35-38-39-36(47-35)46-20-23-10-13-27(37)14-11-23/h2-15,17-18,21,31,41H,16,19-20H2,1H3/t21-,31-/m1/s1. The van der Waals surface area contributed by atoms with Crippen LogP contribution in [0.3, 0.4) is 0 Å². The Morgan fingerprint density at radius 2 is 1.81 bits per heavy atom. The van der Waals surface area contributed by atoms with Crippen LogP contribution in [0.4, 0.5) is 9.52 Å². The normalized spacial score (nSPS) is 18.3. The van der Waals surface area contributed by atoms with Gasteiger partial charge in [0.15, 0.2) is 4.34 Å². The Labute approximate surface area is 278 Å². The van der Waals surface area contributed by atoms with Crippen molar-refractivity contribution in [3.05, 3.63) is 136 Å². The van der Waals surface area contributed by atoms with Crippen LogP contribution in [0.15, 0.2) is 107 Å². The minimum Gasteiger partial charge on any atom is -0.507 e. The molecule has 1 amide bonds. The molecule has 0 aliphatic carbocycles. The minimum absolute atomic E-state index is 0.000807. The Morgan fingerprint density at radius 3 is 2.62 bits per heavy atom. The van der Waals surface area contributed by atoms with E-state index >= 15 is 0 Å². The monoisotopic (exact) mass is 665 g/mol. The number of anilines is 1. The summed E-state index contributed by atoms with van der Waals surface area (Å²) in [7, 11) is 0. The quantitative estimate of drug-likeness (QED) is 0.0568. The van der Waals surface area contributed by atoms with Gasteiger partial charge < -0.3 is 14.6 Å². The van der Waals surface area contributed by atoms with Crippen molar-refractivity contribution >= 4 is 45.7 Å². The molecule has 11 heteroatoms. The number of aromatic nitrogens is 2. The molecule has 0 unspecified atom stereocenters. The van der Waals surface area contributed by atoms with E-state index in [1.807, 2.05) is 37.3 Å². The van der Waals surface area contributed by atoms with Crippen LogP contribution >= 0.6 is 23.1 Å². The highest BCUT2D eigenvalue weighted by Crippen LogP contribution is 2.45. The largest absolute Gasteiger partial charge is 0.507 e. The number of halogens is 1. The van der Waals surface area contributed by atoms with Crippen LogP contribution in [0.25, 0.3) is 5.76 Å². The lowest BCUT2D eigenvalue weighted by Crippen LogP contribution is -2.29. The van der Waals surface area contributed by atoms with E-state index in [-0.39, 0.29) is 28.4 Å². The van der Waals surface area contributed by atoms with Crippen molar-refractivity contribution in [3.63, 3.8) is 0 Å². The van der Waals surface area contributed by atoms with Crippen molar-refractivity contribution in [2.75, 3.05) is 4.90 Å². The van der Waals surface area contributed by atoms with E-state index in [4.69, 9.17) is 9.47 Å². The van der Waals surface area contributed by atoms with Crippen molar-refractivity contribution in [1.29, 1.82) is 0 Å². The Hall–Kier alpha value is -5.00. The molecule has 4 aromatic carbocycles. The molecule has 0 spiro atoms. The van der Waals surface area contributed by atoms with Crippen LogP contribution in [-0.4, -0.2) is 33.1 Å². The fraction of sp³-hybridized carbons (Fsp3) is 0.167. The Kier molecular flexibility index (Phi) is 8.48. The zero-order valence-corrected chi connectivity index (χ0v) is 26.8. The van der Waals surface area contributed by atoms with Gasteiger partial charge in [-0.3, -0.25) is 14.5 Å². The van der Waals surface area contributed by atoms with E-state index in [9.17, 15) is 19.1 Å². The van der Waals surface area contributed by atoms with E-state index in [0.717, 1.165) is 33.8 Å². The molecular formula is C36H28FN3O5S2. The maximum atomic E-state index is 13.8. The molecule has 3 heterocycles. The maximum absolute atomic E-state index is 13.8. The summed E-state index contributed by atoms with van der Waals surface area (Å²) in [6.07, 6.45) is 0.664. The molecular weight excluding hydrogens is 638 g/mol. The first-order valence-corrected chi connectivity index (χ1v) is 16.7. The maximum Gasteiger partial charge on any atom is 0.301 e. The van der Waals surface area contributed by atoms with Crippen LogP contribution in [0.2, 0.25) is 0 Å². The molecule has 8 nitrogen and oxygen atoms in total. The highest BCUT2D eigenvalue weighted by atomic mass is 32.2. The SMILES string of the molecule is C[C@@H]1Cc2cc(C(O)=C3C(=O)C(=O)N(c4nnc(SCc5ccc(F)cc5)s4)[C@@H]3c3cccc(OCc4ccccc4)c3)ccc2O1. The van der Waals surface area contributed by atoms with Gasteiger partial charge in [-0.25, -0.2) is 4.39 Å². The van der Waals surface area contributed by atoms with Crippen molar-refractivity contribution in [2.45, 2.75) is 42.2 Å². The summed E-state index contributed by atoms with van der Waals surface area (Å²) >= 11 is 2.55. The number of benzene rings is 4. The van der Waals surface area contributed by atoms with E-state index in [1.54, 1.807) is 54.6 Å². The van der Waals surface area contributed by atoms with Crippen LogP contribution in [0.5, 0.6) is 11.5 Å². The summed E-state index contributed by atoms with van der Waals surface area (Å²) in [6.45, 7) is 2.29. The van der Waals surface area contributed by atoms with E-state index in [0.29, 0.717) is 40.0 Å². The second-order valence-electron chi connectivity index (χ2n) is 11.2. The molecule has 2 aliphatic heterocycles. The molecule has 7 rings (SSSR count). The first-order chi connectivity index (χ1) is 22.8. The number of Topliss-reactive ketones (excluding diaryl/α,β-unsaturated/α-hetero) is 1. The Balaban J connectivity index is 1.25. The number of carbonyl (C=O) groups excluding carboxylic acids is 2. The number of aliphatic hydroxyl groups is 1. The fourth-order valence-corrected chi connectivity index (χ4v) is 7.49. The summed E-state index contributed by atoms with van der Waals surface area (Å²) in [5, 5.41) is 20.5. The number of nitrogens with zero attached hydrogens (tertiary/aromatic N) is 3. The predicted molar refractivity (Wildman–Crippen MR) is 178 cm³/mol. The highest BCUT2D eigenvalue weighted by molar-refractivity contribution is 8.00. The fourth-order valence-electron chi connectivity index (χ4n) is 5.67. The predicted octanol–water partition coefficient (Wildman–Crippen LogP) is 7.50. The number of ketones is 1. The molecule has 1 N–H and O–H groups in total. The molecule has 0 saturated carbocycles. The van der Waals surface area contributed by atoms with Gasteiger partial charge in [0, 0.05) is 17.7 Å². The molecule has 0 bridgehead atoms. The number of hydrogen-bond acceptors (Lipinski definition) is 9. The van der Waals surface area contributed by atoms with Crippen molar-refractivity contribution in [3.8, 4) is 11.5 Å².